The fourth-order valence-electron chi connectivity index (χ4n) is 1.75. The first kappa shape index (κ1) is 18.1. The smallest absolute Gasteiger partial charge is 0.319 e. The molecule has 1 aromatic rings. The van der Waals surface area contributed by atoms with Gasteiger partial charge in [-0.15, -0.1) is 0 Å². The minimum Gasteiger partial charge on any atom is -0.485 e. The lowest BCUT2D eigenvalue weighted by Crippen LogP contribution is -2.38. The molecule has 0 aliphatic carbocycles. The topological polar surface area (TPSA) is 70.6 Å². The van der Waals surface area contributed by atoms with Gasteiger partial charge in [-0.05, 0) is 25.0 Å². The second-order valence-corrected chi connectivity index (χ2v) is 4.56. The van der Waals surface area contributed by atoms with Crippen molar-refractivity contribution in [3.63, 3.8) is 0 Å². The molecule has 1 atom stereocenters. The first-order valence-corrected chi connectivity index (χ1v) is 6.85. The SMILES string of the molecule is CCC(CCO)NC(=O)Nc1ccc(F)cc1OCC(F)F. The minimum atomic E-state index is -2.71. The summed E-state index contributed by atoms with van der Waals surface area (Å²) >= 11 is 0. The highest BCUT2D eigenvalue weighted by Gasteiger charge is 2.14. The Morgan fingerprint density at radius 3 is 2.73 bits per heavy atom. The van der Waals surface area contributed by atoms with E-state index in [1.807, 2.05) is 6.92 Å². The highest BCUT2D eigenvalue weighted by atomic mass is 19.3. The zero-order valence-corrected chi connectivity index (χ0v) is 12.1. The van der Waals surface area contributed by atoms with Crippen LogP contribution in [0, 0.1) is 5.82 Å². The molecular formula is C14H19F3N2O3. The Hall–Kier alpha value is -1.96. The number of carbonyl (C=O) groups excluding carboxylic acids is 1. The lowest BCUT2D eigenvalue weighted by Gasteiger charge is -2.17. The third kappa shape index (κ3) is 6.21. The van der Waals surface area contributed by atoms with Crippen LogP contribution in [0.25, 0.3) is 0 Å². The summed E-state index contributed by atoms with van der Waals surface area (Å²) in [7, 11) is 0. The Bertz CT molecular complexity index is 486. The quantitative estimate of drug-likeness (QED) is 0.690. The van der Waals surface area contributed by atoms with Crippen molar-refractivity contribution >= 4 is 11.7 Å². The maximum Gasteiger partial charge on any atom is 0.319 e. The summed E-state index contributed by atoms with van der Waals surface area (Å²) in [5.41, 5.74) is 0.0819. The van der Waals surface area contributed by atoms with Gasteiger partial charge in [0.1, 0.15) is 18.2 Å². The number of carbonyl (C=O) groups is 1. The molecular weight excluding hydrogens is 301 g/mol. The number of anilines is 1. The molecule has 0 fully saturated rings. The van der Waals surface area contributed by atoms with Gasteiger partial charge in [0.15, 0.2) is 0 Å². The van der Waals surface area contributed by atoms with Gasteiger partial charge in [-0.3, -0.25) is 0 Å². The van der Waals surface area contributed by atoms with Crippen LogP contribution in [0.2, 0.25) is 0 Å². The normalized spacial score (nSPS) is 12.1. The number of urea groups is 1. The zero-order chi connectivity index (χ0) is 16.5. The van der Waals surface area contributed by atoms with Crippen LogP contribution in [0.15, 0.2) is 18.2 Å². The molecule has 0 radical (unpaired) electrons. The van der Waals surface area contributed by atoms with E-state index in [1.165, 1.54) is 6.07 Å². The summed E-state index contributed by atoms with van der Waals surface area (Å²) in [5.74, 6) is -0.840. The number of hydrogen-bond donors (Lipinski definition) is 3. The first-order valence-electron chi connectivity index (χ1n) is 6.85. The Morgan fingerprint density at radius 2 is 2.14 bits per heavy atom. The van der Waals surface area contributed by atoms with Crippen molar-refractivity contribution in [2.45, 2.75) is 32.2 Å². The molecule has 0 heterocycles. The molecule has 0 aromatic heterocycles. The van der Waals surface area contributed by atoms with Gasteiger partial charge >= 0.3 is 6.03 Å². The number of rotatable bonds is 8. The molecule has 2 amide bonds. The number of ether oxygens (including phenoxy) is 1. The number of benzene rings is 1. The van der Waals surface area contributed by atoms with E-state index >= 15 is 0 Å². The van der Waals surface area contributed by atoms with Gasteiger partial charge in [0.2, 0.25) is 0 Å². The van der Waals surface area contributed by atoms with E-state index < -0.39 is 24.9 Å². The molecule has 0 spiro atoms. The zero-order valence-electron chi connectivity index (χ0n) is 12.1. The largest absolute Gasteiger partial charge is 0.485 e. The second kappa shape index (κ2) is 9.14. The monoisotopic (exact) mass is 320 g/mol. The molecule has 1 rings (SSSR count). The molecule has 124 valence electrons. The minimum absolute atomic E-state index is 0.0713. The van der Waals surface area contributed by atoms with Crippen molar-refractivity contribution < 1.29 is 27.8 Å². The maximum atomic E-state index is 13.2. The Balaban J connectivity index is 2.72. The summed E-state index contributed by atoms with van der Waals surface area (Å²) < 4.78 is 42.3. The van der Waals surface area contributed by atoms with Gasteiger partial charge in [0, 0.05) is 18.7 Å². The number of nitrogens with one attached hydrogen (secondary N) is 2. The van der Waals surface area contributed by atoms with Gasteiger partial charge < -0.3 is 20.5 Å². The standard InChI is InChI=1S/C14H19F3N2O3/c1-2-10(5-6-20)18-14(21)19-11-4-3-9(15)7-12(11)22-8-13(16)17/h3-4,7,10,13,20H,2,5-6,8H2,1H3,(H2,18,19,21). The van der Waals surface area contributed by atoms with Gasteiger partial charge in [-0.25, -0.2) is 18.0 Å². The molecule has 22 heavy (non-hydrogen) atoms. The summed E-state index contributed by atoms with van der Waals surface area (Å²) in [6, 6.07) is 2.41. The van der Waals surface area contributed by atoms with Crippen LogP contribution in [-0.4, -0.2) is 36.8 Å². The van der Waals surface area contributed by atoms with Gasteiger partial charge in [-0.1, -0.05) is 6.92 Å². The van der Waals surface area contributed by atoms with Crippen molar-refractivity contribution in [2.24, 2.45) is 0 Å². The van der Waals surface area contributed by atoms with Crippen molar-refractivity contribution in [1.29, 1.82) is 0 Å². The lowest BCUT2D eigenvalue weighted by molar-refractivity contribution is 0.0821. The molecule has 1 aromatic carbocycles. The third-order valence-electron chi connectivity index (χ3n) is 2.86. The molecule has 0 aliphatic heterocycles. The predicted octanol–water partition coefficient (Wildman–Crippen LogP) is 2.75. The van der Waals surface area contributed by atoms with E-state index in [-0.39, 0.29) is 24.1 Å². The first-order chi connectivity index (χ1) is 10.5. The van der Waals surface area contributed by atoms with E-state index in [4.69, 9.17) is 9.84 Å². The molecule has 0 aliphatic rings. The summed E-state index contributed by atoms with van der Waals surface area (Å²) in [6.45, 7) is 0.871. The van der Waals surface area contributed by atoms with Gasteiger partial charge in [0.25, 0.3) is 6.43 Å². The fourth-order valence-corrected chi connectivity index (χ4v) is 1.75. The van der Waals surface area contributed by atoms with Crippen LogP contribution in [0.4, 0.5) is 23.7 Å². The van der Waals surface area contributed by atoms with Crippen molar-refractivity contribution in [3.8, 4) is 5.75 Å². The number of alkyl halides is 2. The molecule has 0 saturated heterocycles. The Kier molecular flexibility index (Phi) is 7.51. The number of halogens is 3. The predicted molar refractivity (Wildman–Crippen MR) is 75.8 cm³/mol. The third-order valence-corrected chi connectivity index (χ3v) is 2.86. The van der Waals surface area contributed by atoms with Crippen LogP contribution in [0.1, 0.15) is 19.8 Å². The van der Waals surface area contributed by atoms with Gasteiger partial charge in [-0.2, -0.15) is 0 Å². The Labute approximate surface area is 126 Å². The number of amides is 2. The molecule has 3 N–H and O–H groups in total. The molecule has 8 heteroatoms. The molecule has 1 unspecified atom stereocenters. The van der Waals surface area contributed by atoms with E-state index in [0.717, 1.165) is 12.1 Å². The highest BCUT2D eigenvalue weighted by molar-refractivity contribution is 5.91. The van der Waals surface area contributed by atoms with Gasteiger partial charge in [0.05, 0.1) is 5.69 Å². The van der Waals surface area contributed by atoms with Crippen LogP contribution in [-0.2, 0) is 0 Å². The molecule has 5 nitrogen and oxygen atoms in total. The lowest BCUT2D eigenvalue weighted by atomic mass is 10.2. The average Bonchev–Trinajstić information content (AvgIpc) is 2.46. The van der Waals surface area contributed by atoms with Crippen LogP contribution in [0.3, 0.4) is 0 Å². The van der Waals surface area contributed by atoms with E-state index in [9.17, 15) is 18.0 Å². The van der Waals surface area contributed by atoms with E-state index in [1.54, 1.807) is 0 Å². The van der Waals surface area contributed by atoms with E-state index in [2.05, 4.69) is 10.6 Å². The van der Waals surface area contributed by atoms with E-state index in [0.29, 0.717) is 12.8 Å². The number of aliphatic hydroxyl groups is 1. The van der Waals surface area contributed by atoms with Crippen molar-refractivity contribution in [3.05, 3.63) is 24.0 Å². The second-order valence-electron chi connectivity index (χ2n) is 4.56. The molecule has 0 bridgehead atoms. The highest BCUT2D eigenvalue weighted by Crippen LogP contribution is 2.25. The number of aliphatic hydroxyl groups excluding tert-OH is 1. The Morgan fingerprint density at radius 1 is 1.41 bits per heavy atom. The van der Waals surface area contributed by atoms with Crippen molar-refractivity contribution in [2.75, 3.05) is 18.5 Å². The number of hydrogen-bond acceptors (Lipinski definition) is 3. The van der Waals surface area contributed by atoms with Crippen LogP contribution < -0.4 is 15.4 Å². The fraction of sp³-hybridized carbons (Fsp3) is 0.500. The molecule has 0 saturated carbocycles. The summed E-state index contributed by atoms with van der Waals surface area (Å²) in [4.78, 5) is 11.8. The van der Waals surface area contributed by atoms with Crippen LogP contribution >= 0.6 is 0 Å². The summed E-state index contributed by atoms with van der Waals surface area (Å²) in [5, 5.41) is 13.9. The average molecular weight is 320 g/mol. The summed E-state index contributed by atoms with van der Waals surface area (Å²) in [6.07, 6.45) is -1.70. The van der Waals surface area contributed by atoms with Crippen molar-refractivity contribution in [1.82, 2.24) is 5.32 Å². The van der Waals surface area contributed by atoms with Crippen LogP contribution in [0.5, 0.6) is 5.75 Å². The maximum absolute atomic E-state index is 13.2.